The van der Waals surface area contributed by atoms with Crippen molar-refractivity contribution >= 4 is 22.4 Å². The first-order valence-corrected chi connectivity index (χ1v) is 10.4. The Morgan fingerprint density at radius 1 is 1.32 bits per heavy atom. The van der Waals surface area contributed by atoms with Gasteiger partial charge in [0.05, 0.1) is 30.3 Å². The van der Waals surface area contributed by atoms with Crippen molar-refractivity contribution in [3.63, 3.8) is 0 Å². The van der Waals surface area contributed by atoms with Gasteiger partial charge in [-0.05, 0) is 50.5 Å². The predicted molar refractivity (Wildman–Crippen MR) is 111 cm³/mol. The lowest BCUT2D eigenvalue weighted by atomic mass is 10.1. The molecule has 0 spiro atoms. The highest BCUT2D eigenvalue weighted by atomic mass is 32.1. The van der Waals surface area contributed by atoms with E-state index in [4.69, 9.17) is 4.74 Å². The highest BCUT2D eigenvalue weighted by Crippen LogP contribution is 2.42. The second-order valence-corrected chi connectivity index (χ2v) is 8.25. The van der Waals surface area contributed by atoms with E-state index in [9.17, 15) is 4.79 Å². The van der Waals surface area contributed by atoms with Crippen molar-refractivity contribution < 1.29 is 9.53 Å². The summed E-state index contributed by atoms with van der Waals surface area (Å²) in [5.41, 5.74) is 3.63. The molecule has 2 aromatic heterocycles. The number of aryl methyl sites for hydroxylation is 2. The number of nitrogens with one attached hydrogen (secondary N) is 1. The normalized spacial score (nSPS) is 13.5. The molecule has 0 aliphatic heterocycles. The number of thiazole rings is 1. The molecule has 1 aliphatic rings. The molecular formula is C21H24N4O2S. The van der Waals surface area contributed by atoms with Crippen LogP contribution in [0, 0.1) is 6.92 Å². The molecule has 1 N–H and O–H groups in total. The van der Waals surface area contributed by atoms with Crippen LogP contribution in [0.5, 0.6) is 5.75 Å². The first-order chi connectivity index (χ1) is 13.6. The van der Waals surface area contributed by atoms with Crippen molar-refractivity contribution in [2.75, 3.05) is 12.4 Å². The van der Waals surface area contributed by atoms with Gasteiger partial charge in [-0.15, -0.1) is 11.3 Å². The van der Waals surface area contributed by atoms with Crippen LogP contribution in [0.3, 0.4) is 0 Å². The zero-order valence-corrected chi connectivity index (χ0v) is 17.2. The second-order valence-electron chi connectivity index (χ2n) is 7.05. The number of nitrogens with zero attached hydrogens (tertiary/aromatic N) is 3. The highest BCUT2D eigenvalue weighted by molar-refractivity contribution is 7.16. The maximum Gasteiger partial charge on any atom is 0.260 e. The molecule has 6 nitrogen and oxygen atoms in total. The summed E-state index contributed by atoms with van der Waals surface area (Å²) in [6, 6.07) is 7.78. The van der Waals surface area contributed by atoms with Crippen LogP contribution < -0.4 is 10.1 Å². The van der Waals surface area contributed by atoms with Gasteiger partial charge in [-0.2, -0.15) is 5.10 Å². The van der Waals surface area contributed by atoms with Gasteiger partial charge in [-0.1, -0.05) is 6.92 Å². The number of rotatable bonds is 7. The first-order valence-electron chi connectivity index (χ1n) is 9.59. The minimum atomic E-state index is -0.126. The molecule has 146 valence electrons. The quantitative estimate of drug-likeness (QED) is 0.619. The van der Waals surface area contributed by atoms with Gasteiger partial charge in [-0.25, -0.2) is 4.98 Å². The molecule has 1 aromatic carbocycles. The fourth-order valence-electron chi connectivity index (χ4n) is 3.38. The molecule has 1 fully saturated rings. The smallest absolute Gasteiger partial charge is 0.260 e. The summed E-state index contributed by atoms with van der Waals surface area (Å²) in [4.78, 5) is 18.6. The number of ether oxygens (including phenoxy) is 1. The molecule has 1 aliphatic carbocycles. The van der Waals surface area contributed by atoms with Crippen LogP contribution in [0.1, 0.15) is 53.0 Å². The number of methoxy groups -OCH3 is 1. The minimum Gasteiger partial charge on any atom is -0.497 e. The van der Waals surface area contributed by atoms with Crippen molar-refractivity contribution in [3.8, 4) is 17.0 Å². The number of hydrogen-bond acceptors (Lipinski definition) is 5. The average Bonchev–Trinajstić information content (AvgIpc) is 3.35. The summed E-state index contributed by atoms with van der Waals surface area (Å²) in [5, 5.41) is 8.03. The number of amides is 1. The van der Waals surface area contributed by atoms with Crippen molar-refractivity contribution in [1.29, 1.82) is 0 Å². The first kappa shape index (κ1) is 18.7. The van der Waals surface area contributed by atoms with Gasteiger partial charge in [0, 0.05) is 22.9 Å². The van der Waals surface area contributed by atoms with E-state index < -0.39 is 0 Å². The Bertz CT molecular complexity index is 987. The highest BCUT2D eigenvalue weighted by Gasteiger charge is 2.32. The van der Waals surface area contributed by atoms with Gasteiger partial charge in [0.1, 0.15) is 5.75 Å². The third-order valence-corrected chi connectivity index (χ3v) is 5.79. The van der Waals surface area contributed by atoms with Crippen LogP contribution >= 0.6 is 11.3 Å². The largest absolute Gasteiger partial charge is 0.497 e. The van der Waals surface area contributed by atoms with E-state index in [1.807, 2.05) is 35.9 Å². The molecule has 1 amide bonds. The van der Waals surface area contributed by atoms with Crippen molar-refractivity contribution in [3.05, 3.63) is 46.6 Å². The lowest BCUT2D eigenvalue weighted by Crippen LogP contribution is -2.14. The number of carbonyl (C=O) groups is 1. The molecule has 28 heavy (non-hydrogen) atoms. The van der Waals surface area contributed by atoms with Crippen LogP contribution in [-0.4, -0.2) is 27.8 Å². The molecule has 1 saturated carbocycles. The molecule has 0 bridgehead atoms. The minimum absolute atomic E-state index is 0.126. The fraction of sp³-hybridized carbons (Fsp3) is 0.381. The molecule has 0 saturated heterocycles. The topological polar surface area (TPSA) is 69.0 Å². The summed E-state index contributed by atoms with van der Waals surface area (Å²) in [7, 11) is 1.65. The van der Waals surface area contributed by atoms with Crippen LogP contribution in [0.4, 0.5) is 5.13 Å². The maximum atomic E-state index is 12.9. The van der Waals surface area contributed by atoms with Crippen LogP contribution in [0.15, 0.2) is 30.5 Å². The molecule has 4 rings (SSSR count). The lowest BCUT2D eigenvalue weighted by molar-refractivity contribution is 0.102. The molecule has 7 heteroatoms. The summed E-state index contributed by atoms with van der Waals surface area (Å²) in [5.74, 6) is 1.14. The van der Waals surface area contributed by atoms with Crippen molar-refractivity contribution in [2.24, 2.45) is 0 Å². The van der Waals surface area contributed by atoms with Crippen LogP contribution in [0.25, 0.3) is 11.3 Å². The van der Waals surface area contributed by atoms with Crippen LogP contribution in [0.2, 0.25) is 0 Å². The fourth-order valence-corrected chi connectivity index (χ4v) is 4.21. The summed E-state index contributed by atoms with van der Waals surface area (Å²) in [6.07, 6.45) is 4.96. The Hall–Kier alpha value is -2.67. The third-order valence-electron chi connectivity index (χ3n) is 4.90. The average molecular weight is 397 g/mol. The second kappa shape index (κ2) is 7.75. The Kier molecular flexibility index (Phi) is 5.17. The molecule has 0 radical (unpaired) electrons. The van der Waals surface area contributed by atoms with E-state index in [0.717, 1.165) is 53.4 Å². The Morgan fingerprint density at radius 3 is 2.71 bits per heavy atom. The predicted octanol–water partition coefficient (Wildman–Crippen LogP) is 4.86. The van der Waals surface area contributed by atoms with E-state index in [1.165, 1.54) is 11.3 Å². The van der Waals surface area contributed by atoms with E-state index in [1.54, 1.807) is 13.3 Å². The van der Waals surface area contributed by atoms with Gasteiger partial charge >= 0.3 is 0 Å². The Balaban J connectivity index is 1.56. The number of carbonyl (C=O) groups excluding carboxylic acids is 1. The number of anilines is 1. The molecule has 3 aromatic rings. The van der Waals surface area contributed by atoms with Crippen LogP contribution in [-0.2, 0) is 6.54 Å². The van der Waals surface area contributed by atoms with Gasteiger partial charge in [-0.3, -0.25) is 14.8 Å². The number of benzene rings is 1. The van der Waals surface area contributed by atoms with Crippen molar-refractivity contribution in [1.82, 2.24) is 14.8 Å². The van der Waals surface area contributed by atoms with Gasteiger partial charge < -0.3 is 4.74 Å². The Labute approximate surface area is 168 Å². The molecule has 0 atom stereocenters. The zero-order chi connectivity index (χ0) is 19.7. The zero-order valence-electron chi connectivity index (χ0n) is 16.4. The maximum absolute atomic E-state index is 12.9. The van der Waals surface area contributed by atoms with Crippen molar-refractivity contribution in [2.45, 2.75) is 45.6 Å². The van der Waals surface area contributed by atoms with E-state index in [-0.39, 0.29) is 5.91 Å². The van der Waals surface area contributed by atoms with E-state index >= 15 is 0 Å². The molecular weight excluding hydrogens is 372 g/mol. The summed E-state index contributed by atoms with van der Waals surface area (Å²) in [6.45, 7) is 4.98. The summed E-state index contributed by atoms with van der Waals surface area (Å²) < 4.78 is 7.20. The third kappa shape index (κ3) is 3.67. The lowest BCUT2D eigenvalue weighted by Gasteiger charge is -2.07. The van der Waals surface area contributed by atoms with E-state index in [0.29, 0.717) is 16.6 Å². The SMILES string of the molecule is CCCn1ncc(C(=O)Nc2nc(-c3ccc(OC)cc3)c(C)s2)c1C1CC1. The monoisotopic (exact) mass is 396 g/mol. The van der Waals surface area contributed by atoms with Gasteiger partial charge in [0.15, 0.2) is 5.13 Å². The van der Waals surface area contributed by atoms with Gasteiger partial charge in [0.2, 0.25) is 0 Å². The number of hydrogen-bond donors (Lipinski definition) is 1. The van der Waals surface area contributed by atoms with Gasteiger partial charge in [0.25, 0.3) is 5.91 Å². The van der Waals surface area contributed by atoms with E-state index in [2.05, 4.69) is 22.3 Å². The molecule has 2 heterocycles. The standard InChI is InChI=1S/C21H24N4O2S/c1-4-11-25-19(15-5-6-15)17(12-22-25)20(26)24-21-23-18(13(2)28-21)14-7-9-16(27-3)10-8-14/h7-10,12,15H,4-6,11H2,1-3H3,(H,23,24,26). The Morgan fingerprint density at radius 2 is 2.07 bits per heavy atom. The number of aromatic nitrogens is 3. The molecule has 0 unspecified atom stereocenters. The summed E-state index contributed by atoms with van der Waals surface area (Å²) >= 11 is 1.49.